The maximum Gasteiger partial charge on any atom is 0.0411 e. The fourth-order valence-electron chi connectivity index (χ4n) is 3.56. The van der Waals surface area contributed by atoms with Gasteiger partial charge in [0.05, 0.1) is 0 Å². The topological polar surface area (TPSA) is 12.0 Å². The van der Waals surface area contributed by atoms with E-state index >= 15 is 0 Å². The molecule has 3 rings (SSSR count). The van der Waals surface area contributed by atoms with Gasteiger partial charge in [0.2, 0.25) is 0 Å². The molecule has 1 heteroatoms. The van der Waals surface area contributed by atoms with Crippen molar-refractivity contribution < 1.29 is 0 Å². The Balaban J connectivity index is 1.84. The monoisotopic (exact) mass is 229 g/mol. The van der Waals surface area contributed by atoms with Crippen LogP contribution < -0.4 is 5.32 Å². The first-order chi connectivity index (χ1) is 8.25. The third kappa shape index (κ3) is 1.96. The smallest absolute Gasteiger partial charge is 0.0411 e. The number of hydrogen-bond acceptors (Lipinski definition) is 1. The minimum atomic E-state index is 0.625. The molecule has 2 aliphatic rings. The molecular formula is C16H23N. The molecule has 0 radical (unpaired) electrons. The highest BCUT2D eigenvalue weighted by Crippen LogP contribution is 2.39. The zero-order valence-electron chi connectivity index (χ0n) is 11.0. The standard InChI is InChI=1S/C16H23N/c1-11(2)14-9-5-8-13-10-15(17-16(13)14)12-6-3-4-7-12/h5,8-9,11-12,15,17H,3-4,6-7,10H2,1-2H3. The molecule has 1 aliphatic carbocycles. The van der Waals surface area contributed by atoms with Crippen LogP contribution in [0, 0.1) is 5.92 Å². The zero-order valence-corrected chi connectivity index (χ0v) is 11.0. The van der Waals surface area contributed by atoms with Crippen LogP contribution in [-0.2, 0) is 6.42 Å². The maximum absolute atomic E-state index is 3.83. The highest BCUT2D eigenvalue weighted by atomic mass is 15.0. The summed E-state index contributed by atoms with van der Waals surface area (Å²) in [5.41, 5.74) is 4.51. The van der Waals surface area contributed by atoms with Gasteiger partial charge < -0.3 is 5.32 Å². The summed E-state index contributed by atoms with van der Waals surface area (Å²) >= 11 is 0. The van der Waals surface area contributed by atoms with Gasteiger partial charge in [0.25, 0.3) is 0 Å². The molecular weight excluding hydrogens is 206 g/mol. The molecule has 0 amide bonds. The molecule has 1 atom stereocenters. The number of rotatable bonds is 2. The third-order valence-corrected chi connectivity index (χ3v) is 4.54. The van der Waals surface area contributed by atoms with Crippen molar-refractivity contribution >= 4 is 5.69 Å². The highest BCUT2D eigenvalue weighted by Gasteiger charge is 2.31. The summed E-state index contributed by atoms with van der Waals surface area (Å²) in [6.45, 7) is 4.58. The molecule has 0 bridgehead atoms. The Hall–Kier alpha value is -0.980. The van der Waals surface area contributed by atoms with Crippen LogP contribution in [0.4, 0.5) is 5.69 Å². The van der Waals surface area contributed by atoms with E-state index in [1.807, 2.05) is 0 Å². The van der Waals surface area contributed by atoms with Gasteiger partial charge in [-0.25, -0.2) is 0 Å². The number of para-hydroxylation sites is 1. The summed E-state index contributed by atoms with van der Waals surface area (Å²) in [5, 5.41) is 3.83. The van der Waals surface area contributed by atoms with Crippen molar-refractivity contribution in [2.24, 2.45) is 5.92 Å². The number of fused-ring (bicyclic) bond motifs is 1. The van der Waals surface area contributed by atoms with E-state index in [0.29, 0.717) is 12.0 Å². The molecule has 1 aliphatic heterocycles. The first kappa shape index (κ1) is 11.1. The second kappa shape index (κ2) is 4.36. The molecule has 1 aromatic rings. The fraction of sp³-hybridized carbons (Fsp3) is 0.625. The summed E-state index contributed by atoms with van der Waals surface area (Å²) in [4.78, 5) is 0. The second-order valence-corrected chi connectivity index (χ2v) is 6.04. The summed E-state index contributed by atoms with van der Waals surface area (Å²) in [7, 11) is 0. The van der Waals surface area contributed by atoms with Crippen LogP contribution in [0.15, 0.2) is 18.2 Å². The molecule has 0 aromatic heterocycles. The third-order valence-electron chi connectivity index (χ3n) is 4.54. The van der Waals surface area contributed by atoms with Gasteiger partial charge in [-0.1, -0.05) is 44.9 Å². The molecule has 17 heavy (non-hydrogen) atoms. The average molecular weight is 229 g/mol. The van der Waals surface area contributed by atoms with Gasteiger partial charge in [-0.05, 0) is 42.2 Å². The van der Waals surface area contributed by atoms with E-state index in [2.05, 4.69) is 37.4 Å². The van der Waals surface area contributed by atoms with Crippen molar-refractivity contribution in [1.29, 1.82) is 0 Å². The number of hydrogen-bond donors (Lipinski definition) is 1. The lowest BCUT2D eigenvalue weighted by Crippen LogP contribution is -2.24. The highest BCUT2D eigenvalue weighted by molar-refractivity contribution is 5.63. The van der Waals surface area contributed by atoms with Crippen LogP contribution in [0.25, 0.3) is 0 Å². The van der Waals surface area contributed by atoms with E-state index in [-0.39, 0.29) is 0 Å². The van der Waals surface area contributed by atoms with Crippen LogP contribution >= 0.6 is 0 Å². The SMILES string of the molecule is CC(C)c1cccc2c1NC(C1CCCC1)C2. The van der Waals surface area contributed by atoms with Crippen LogP contribution in [0.5, 0.6) is 0 Å². The lowest BCUT2D eigenvalue weighted by molar-refractivity contribution is 0.466. The second-order valence-electron chi connectivity index (χ2n) is 6.04. The van der Waals surface area contributed by atoms with Crippen LogP contribution in [-0.4, -0.2) is 6.04 Å². The Morgan fingerprint density at radius 1 is 1.18 bits per heavy atom. The molecule has 1 unspecified atom stereocenters. The summed E-state index contributed by atoms with van der Waals surface area (Å²) in [6.07, 6.45) is 7.00. The molecule has 1 heterocycles. The lowest BCUT2D eigenvalue weighted by Gasteiger charge is -2.20. The summed E-state index contributed by atoms with van der Waals surface area (Å²) in [6, 6.07) is 7.54. The van der Waals surface area contributed by atoms with Crippen molar-refractivity contribution in [2.75, 3.05) is 5.32 Å². The molecule has 1 saturated carbocycles. The first-order valence-electron chi connectivity index (χ1n) is 7.14. The first-order valence-corrected chi connectivity index (χ1v) is 7.14. The quantitative estimate of drug-likeness (QED) is 0.795. The number of nitrogens with one attached hydrogen (secondary N) is 1. The normalized spacial score (nSPS) is 24.1. The van der Waals surface area contributed by atoms with Crippen molar-refractivity contribution in [3.05, 3.63) is 29.3 Å². The predicted octanol–water partition coefficient (Wildman–Crippen LogP) is 4.34. The number of benzene rings is 1. The van der Waals surface area contributed by atoms with Crippen molar-refractivity contribution in [3.63, 3.8) is 0 Å². The molecule has 1 fully saturated rings. The fourth-order valence-corrected chi connectivity index (χ4v) is 3.56. The Bertz CT molecular complexity index is 402. The Kier molecular flexibility index (Phi) is 2.85. The molecule has 1 nitrogen and oxygen atoms in total. The average Bonchev–Trinajstić information content (AvgIpc) is 2.96. The van der Waals surface area contributed by atoms with E-state index < -0.39 is 0 Å². The minimum Gasteiger partial charge on any atom is -0.381 e. The van der Waals surface area contributed by atoms with Crippen LogP contribution in [0.3, 0.4) is 0 Å². The minimum absolute atomic E-state index is 0.625. The maximum atomic E-state index is 3.83. The molecule has 0 spiro atoms. The van der Waals surface area contributed by atoms with E-state index in [1.165, 1.54) is 43.4 Å². The van der Waals surface area contributed by atoms with Gasteiger partial charge in [0.15, 0.2) is 0 Å². The lowest BCUT2D eigenvalue weighted by atomic mass is 9.94. The van der Waals surface area contributed by atoms with Crippen molar-refractivity contribution in [3.8, 4) is 0 Å². The van der Waals surface area contributed by atoms with Gasteiger partial charge in [-0.15, -0.1) is 0 Å². The van der Waals surface area contributed by atoms with E-state index in [4.69, 9.17) is 0 Å². The number of anilines is 1. The van der Waals surface area contributed by atoms with Gasteiger partial charge >= 0.3 is 0 Å². The van der Waals surface area contributed by atoms with Gasteiger partial charge in [-0.3, -0.25) is 0 Å². The van der Waals surface area contributed by atoms with Gasteiger partial charge in [-0.2, -0.15) is 0 Å². The Labute approximate surface area is 105 Å². The van der Waals surface area contributed by atoms with Gasteiger partial charge in [0, 0.05) is 11.7 Å². The van der Waals surface area contributed by atoms with Crippen molar-refractivity contribution in [1.82, 2.24) is 0 Å². The molecule has 92 valence electrons. The van der Waals surface area contributed by atoms with E-state index in [9.17, 15) is 0 Å². The summed E-state index contributed by atoms with van der Waals surface area (Å²) in [5.74, 6) is 1.54. The van der Waals surface area contributed by atoms with Gasteiger partial charge in [0.1, 0.15) is 0 Å². The van der Waals surface area contributed by atoms with E-state index in [0.717, 1.165) is 5.92 Å². The Morgan fingerprint density at radius 2 is 1.94 bits per heavy atom. The molecule has 0 saturated heterocycles. The Morgan fingerprint density at radius 3 is 2.65 bits per heavy atom. The molecule has 1 N–H and O–H groups in total. The zero-order chi connectivity index (χ0) is 11.8. The predicted molar refractivity (Wildman–Crippen MR) is 73.6 cm³/mol. The van der Waals surface area contributed by atoms with Crippen LogP contribution in [0.2, 0.25) is 0 Å². The largest absolute Gasteiger partial charge is 0.381 e. The van der Waals surface area contributed by atoms with Crippen LogP contribution in [0.1, 0.15) is 56.6 Å². The summed E-state index contributed by atoms with van der Waals surface area (Å²) < 4.78 is 0. The van der Waals surface area contributed by atoms with E-state index in [1.54, 1.807) is 5.56 Å². The molecule has 1 aromatic carbocycles. The van der Waals surface area contributed by atoms with Crippen molar-refractivity contribution in [2.45, 2.75) is 57.9 Å².